The van der Waals surface area contributed by atoms with Crippen molar-refractivity contribution >= 4 is 17.4 Å². The maximum atomic E-state index is 13.0. The minimum absolute atomic E-state index is 0.134. The topological polar surface area (TPSA) is 59.1 Å². The van der Waals surface area contributed by atoms with Crippen molar-refractivity contribution in [3.63, 3.8) is 0 Å². The number of Topliss-reactive ketones (excluding diaryl/α,β-unsaturated/α-hetero) is 1. The van der Waals surface area contributed by atoms with E-state index in [2.05, 4.69) is 10.3 Å². The fourth-order valence-electron chi connectivity index (χ4n) is 4.82. The number of allylic oxidation sites excluding steroid dienone is 6. The Morgan fingerprint density at radius 1 is 0.900 bits per heavy atom. The second-order valence-corrected chi connectivity index (χ2v) is 8.44. The molecule has 1 heterocycles. The first kappa shape index (κ1) is 20.5. The maximum Gasteiger partial charge on any atom is 0.255 e. The van der Waals surface area contributed by atoms with Crippen molar-refractivity contribution in [3.05, 3.63) is 71.1 Å². The highest BCUT2D eigenvalue weighted by Crippen LogP contribution is 2.40. The largest absolute Gasteiger partial charge is 0.320 e. The fraction of sp³-hybridized carbons (Fsp3) is 0.423. The van der Waals surface area contributed by atoms with Gasteiger partial charge in [0.05, 0.1) is 11.9 Å². The SMILES string of the molecule is O=C(Nc1cnc2c(c1C1CCCCCCCC1)CCC2=O)C1=C/C=C\C=C/C=C\1. The van der Waals surface area contributed by atoms with Crippen LogP contribution >= 0.6 is 0 Å². The molecule has 4 rings (SSSR count). The molecular weight excluding hydrogens is 372 g/mol. The first-order valence-corrected chi connectivity index (χ1v) is 11.3. The lowest BCUT2D eigenvalue weighted by Crippen LogP contribution is -2.18. The lowest BCUT2D eigenvalue weighted by Gasteiger charge is -2.23. The molecular formula is C26H30N2O2. The van der Waals surface area contributed by atoms with E-state index in [-0.39, 0.29) is 11.7 Å². The molecule has 1 fully saturated rings. The number of amides is 1. The van der Waals surface area contributed by atoms with E-state index >= 15 is 0 Å². The number of fused-ring (bicyclic) bond motifs is 1. The van der Waals surface area contributed by atoms with Crippen LogP contribution in [0.1, 0.15) is 85.3 Å². The fourth-order valence-corrected chi connectivity index (χ4v) is 4.82. The van der Waals surface area contributed by atoms with E-state index in [1.807, 2.05) is 42.5 Å². The lowest BCUT2D eigenvalue weighted by atomic mass is 9.85. The van der Waals surface area contributed by atoms with Crippen molar-refractivity contribution in [2.45, 2.75) is 70.1 Å². The first-order valence-electron chi connectivity index (χ1n) is 11.3. The number of carbonyl (C=O) groups excluding carboxylic acids is 2. The summed E-state index contributed by atoms with van der Waals surface area (Å²) in [4.78, 5) is 29.8. The van der Waals surface area contributed by atoms with Crippen molar-refractivity contribution in [1.29, 1.82) is 0 Å². The van der Waals surface area contributed by atoms with Crippen LogP contribution in [0.25, 0.3) is 0 Å². The summed E-state index contributed by atoms with van der Waals surface area (Å²) in [7, 11) is 0. The Morgan fingerprint density at radius 3 is 2.40 bits per heavy atom. The van der Waals surface area contributed by atoms with Gasteiger partial charge in [0, 0.05) is 12.0 Å². The summed E-state index contributed by atoms with van der Waals surface area (Å²) in [5.41, 5.74) is 4.27. The molecule has 1 saturated carbocycles. The number of hydrogen-bond donors (Lipinski definition) is 1. The normalized spacial score (nSPS) is 24.8. The van der Waals surface area contributed by atoms with Crippen molar-refractivity contribution in [3.8, 4) is 0 Å². The van der Waals surface area contributed by atoms with E-state index in [1.165, 1.54) is 44.1 Å². The number of aromatic nitrogens is 1. The van der Waals surface area contributed by atoms with E-state index < -0.39 is 0 Å². The van der Waals surface area contributed by atoms with Crippen LogP contribution in [0.4, 0.5) is 5.69 Å². The summed E-state index contributed by atoms with van der Waals surface area (Å²) in [6.45, 7) is 0. The van der Waals surface area contributed by atoms with E-state index in [4.69, 9.17) is 0 Å². The molecule has 156 valence electrons. The third kappa shape index (κ3) is 4.69. The molecule has 0 atom stereocenters. The van der Waals surface area contributed by atoms with E-state index in [0.29, 0.717) is 23.6 Å². The third-order valence-electron chi connectivity index (χ3n) is 6.36. The molecule has 1 N–H and O–H groups in total. The van der Waals surface area contributed by atoms with Crippen molar-refractivity contribution in [2.24, 2.45) is 0 Å². The first-order chi connectivity index (χ1) is 14.7. The summed E-state index contributed by atoms with van der Waals surface area (Å²) < 4.78 is 0. The molecule has 1 amide bonds. The van der Waals surface area contributed by atoms with Crippen LogP contribution in [0, 0.1) is 0 Å². The maximum absolute atomic E-state index is 13.0. The quantitative estimate of drug-likeness (QED) is 0.677. The van der Waals surface area contributed by atoms with Gasteiger partial charge in [-0.15, -0.1) is 0 Å². The molecule has 4 heteroatoms. The average Bonchev–Trinajstić information content (AvgIpc) is 3.14. The standard InChI is InChI=1S/C26H30N2O2/c29-23-17-16-21-24(19-12-8-4-1-2-5-9-13-19)22(18-27-25(21)23)28-26(30)20-14-10-6-3-7-11-15-20/h3,6-7,10-11,14-15,18-19H,1-2,4-5,8-9,12-13,16-17H2,(H,28,30)/b6-3-,7-3?,10-6?,11-7-,14-10-,15-11?,20-14?,20-15+. The molecule has 0 radical (unpaired) electrons. The van der Waals surface area contributed by atoms with Gasteiger partial charge in [0.25, 0.3) is 5.91 Å². The number of pyridine rings is 1. The number of ketones is 1. The molecule has 1 aromatic rings. The molecule has 3 aliphatic carbocycles. The van der Waals surface area contributed by atoms with Gasteiger partial charge in [-0.2, -0.15) is 0 Å². The van der Waals surface area contributed by atoms with Crippen LogP contribution in [-0.4, -0.2) is 16.7 Å². The predicted molar refractivity (Wildman–Crippen MR) is 121 cm³/mol. The van der Waals surface area contributed by atoms with Crippen LogP contribution < -0.4 is 5.32 Å². The van der Waals surface area contributed by atoms with Gasteiger partial charge in [-0.05, 0) is 48.5 Å². The smallest absolute Gasteiger partial charge is 0.255 e. The van der Waals surface area contributed by atoms with Crippen molar-refractivity contribution in [2.75, 3.05) is 5.32 Å². The minimum atomic E-state index is -0.137. The van der Waals surface area contributed by atoms with Gasteiger partial charge in [0.15, 0.2) is 5.78 Å². The second-order valence-electron chi connectivity index (χ2n) is 8.44. The Kier molecular flexibility index (Phi) is 6.73. The van der Waals surface area contributed by atoms with Crippen LogP contribution in [0.3, 0.4) is 0 Å². The van der Waals surface area contributed by atoms with Gasteiger partial charge in [-0.25, -0.2) is 0 Å². The Balaban J connectivity index is 1.67. The summed E-state index contributed by atoms with van der Waals surface area (Å²) in [6, 6.07) is 0. The zero-order valence-corrected chi connectivity index (χ0v) is 17.5. The molecule has 0 spiro atoms. The summed E-state index contributed by atoms with van der Waals surface area (Å²) in [5, 5.41) is 3.13. The highest BCUT2D eigenvalue weighted by atomic mass is 16.1. The number of rotatable bonds is 3. The Labute approximate surface area is 178 Å². The monoisotopic (exact) mass is 402 g/mol. The predicted octanol–water partition coefficient (Wildman–Crippen LogP) is 5.98. The van der Waals surface area contributed by atoms with Crippen molar-refractivity contribution < 1.29 is 9.59 Å². The number of nitrogens with zero attached hydrogens (tertiary/aromatic N) is 1. The highest BCUT2D eigenvalue weighted by molar-refractivity contribution is 6.07. The molecule has 4 nitrogen and oxygen atoms in total. The van der Waals surface area contributed by atoms with Gasteiger partial charge >= 0.3 is 0 Å². The summed E-state index contributed by atoms with van der Waals surface area (Å²) in [5.74, 6) is 0.377. The molecule has 0 aromatic carbocycles. The van der Waals surface area contributed by atoms with E-state index in [1.54, 1.807) is 6.20 Å². The molecule has 3 aliphatic rings. The van der Waals surface area contributed by atoms with Crippen LogP contribution in [0.2, 0.25) is 0 Å². The number of hydrogen-bond acceptors (Lipinski definition) is 3. The van der Waals surface area contributed by atoms with Crippen LogP contribution in [0.15, 0.2) is 54.3 Å². The van der Waals surface area contributed by atoms with Gasteiger partial charge in [-0.1, -0.05) is 68.9 Å². The van der Waals surface area contributed by atoms with Crippen molar-refractivity contribution in [1.82, 2.24) is 4.98 Å². The minimum Gasteiger partial charge on any atom is -0.320 e. The number of nitrogens with one attached hydrogen (secondary N) is 1. The van der Waals surface area contributed by atoms with Crippen LogP contribution in [0.5, 0.6) is 0 Å². The molecule has 0 bridgehead atoms. The Morgan fingerprint density at radius 2 is 1.60 bits per heavy atom. The average molecular weight is 403 g/mol. The van der Waals surface area contributed by atoms with Gasteiger partial charge in [0.2, 0.25) is 0 Å². The molecule has 0 unspecified atom stereocenters. The van der Waals surface area contributed by atoms with Crippen LogP contribution in [-0.2, 0) is 11.2 Å². The lowest BCUT2D eigenvalue weighted by molar-refractivity contribution is -0.112. The highest BCUT2D eigenvalue weighted by Gasteiger charge is 2.30. The van der Waals surface area contributed by atoms with E-state index in [0.717, 1.165) is 30.5 Å². The number of carbonyl (C=O) groups is 2. The van der Waals surface area contributed by atoms with Gasteiger partial charge in [0.1, 0.15) is 5.69 Å². The molecule has 1 aromatic heterocycles. The molecule has 0 aliphatic heterocycles. The summed E-state index contributed by atoms with van der Waals surface area (Å²) in [6.07, 6.45) is 25.9. The third-order valence-corrected chi connectivity index (χ3v) is 6.36. The molecule has 0 saturated heterocycles. The second kappa shape index (κ2) is 9.84. The van der Waals surface area contributed by atoms with E-state index in [9.17, 15) is 9.59 Å². The van der Waals surface area contributed by atoms with Gasteiger partial charge < -0.3 is 5.32 Å². The zero-order valence-electron chi connectivity index (χ0n) is 17.5. The zero-order chi connectivity index (χ0) is 20.8. The Bertz CT molecular complexity index is 927. The number of anilines is 1. The summed E-state index contributed by atoms with van der Waals surface area (Å²) >= 11 is 0. The Hall–Kier alpha value is -2.75. The molecule has 30 heavy (non-hydrogen) atoms. The van der Waals surface area contributed by atoms with Gasteiger partial charge in [-0.3, -0.25) is 14.6 Å².